The van der Waals surface area contributed by atoms with Crippen molar-refractivity contribution < 1.29 is 12.4 Å². The summed E-state index contributed by atoms with van der Waals surface area (Å²) in [7, 11) is 0. The topological polar surface area (TPSA) is 0 Å². The van der Waals surface area contributed by atoms with Crippen LogP contribution in [0.1, 0.15) is 12.8 Å². The predicted octanol–water partition coefficient (Wildman–Crippen LogP) is -1.34. The normalized spacial score (nSPS) is 40.7. The van der Waals surface area contributed by atoms with E-state index in [1.165, 1.54) is 12.8 Å². The van der Waals surface area contributed by atoms with E-state index in [1.54, 1.807) is 0 Å². The Hall–Kier alpha value is 0.796. The average molecular weight is 167 g/mol. The maximum Gasteiger partial charge on any atom is 2.00 e. The molecular formula is C8H11ClMg. The number of hydrogen-bond acceptors (Lipinski definition) is 0. The third-order valence-corrected chi connectivity index (χ3v) is 2.42. The van der Waals surface area contributed by atoms with Crippen molar-refractivity contribution in [2.45, 2.75) is 12.8 Å². The van der Waals surface area contributed by atoms with Crippen molar-refractivity contribution in [1.29, 1.82) is 0 Å². The van der Waals surface area contributed by atoms with Gasteiger partial charge in [-0.3, -0.25) is 0 Å². The first-order valence-electron chi connectivity index (χ1n) is 3.37. The molecule has 2 rings (SSSR count). The molecule has 0 aliphatic heterocycles. The van der Waals surface area contributed by atoms with Crippen LogP contribution in [0.2, 0.25) is 0 Å². The smallest absolute Gasteiger partial charge is 1.00 e. The molecule has 0 radical (unpaired) electrons. The molecule has 3 atom stereocenters. The van der Waals surface area contributed by atoms with Crippen molar-refractivity contribution in [3.63, 3.8) is 0 Å². The number of allylic oxidation sites excluding steroid dienone is 2. The van der Waals surface area contributed by atoms with Crippen LogP contribution in [0.25, 0.3) is 0 Å². The molecule has 2 aliphatic rings. The molecule has 1 fully saturated rings. The Bertz CT molecular complexity index is 133. The zero-order chi connectivity index (χ0) is 5.56. The standard InChI is InChI=1S/C8H11.ClH.Mg/c1-6-4-7-2-3-8(6)5-7;;/h2-3,6-8H,1,4-5H2;1H;/q-1;;+2/p-1/t6-,7+,8+;;/m0../s1. The Morgan fingerprint density at radius 2 is 1.90 bits per heavy atom. The molecule has 1 saturated carbocycles. The third kappa shape index (κ3) is 1.69. The van der Waals surface area contributed by atoms with Crippen molar-refractivity contribution in [2.75, 3.05) is 0 Å². The Labute approximate surface area is 85.0 Å². The SMILES string of the molecule is [CH2-][C@H]1C[C@H]2C=C[C@@H]1C2.[Cl-].[Mg+2]. The first kappa shape index (κ1) is 10.8. The van der Waals surface area contributed by atoms with Gasteiger partial charge in [0.05, 0.1) is 0 Å². The number of fused-ring (bicyclic) bond motifs is 2. The van der Waals surface area contributed by atoms with E-state index < -0.39 is 0 Å². The van der Waals surface area contributed by atoms with Crippen LogP contribution in [0.4, 0.5) is 0 Å². The molecule has 0 amide bonds. The van der Waals surface area contributed by atoms with Gasteiger partial charge >= 0.3 is 23.1 Å². The molecule has 52 valence electrons. The van der Waals surface area contributed by atoms with E-state index in [4.69, 9.17) is 0 Å². The summed E-state index contributed by atoms with van der Waals surface area (Å²) in [6, 6.07) is 0. The molecule has 0 nitrogen and oxygen atoms in total. The first-order chi connectivity index (χ1) is 3.86. The van der Waals surface area contributed by atoms with Gasteiger partial charge in [-0.15, -0.1) is 0 Å². The van der Waals surface area contributed by atoms with E-state index in [9.17, 15) is 0 Å². The first-order valence-corrected chi connectivity index (χ1v) is 3.37. The largest absolute Gasteiger partial charge is 2.00 e. The van der Waals surface area contributed by atoms with Crippen molar-refractivity contribution >= 4 is 23.1 Å². The van der Waals surface area contributed by atoms with Gasteiger partial charge in [0, 0.05) is 0 Å². The maximum atomic E-state index is 4.07. The Morgan fingerprint density at radius 3 is 2.10 bits per heavy atom. The van der Waals surface area contributed by atoms with E-state index in [0.29, 0.717) is 0 Å². The molecule has 2 aliphatic carbocycles. The van der Waals surface area contributed by atoms with E-state index in [2.05, 4.69) is 19.1 Å². The zero-order valence-electron chi connectivity index (χ0n) is 6.09. The Kier molecular flexibility index (Phi) is 4.30. The molecule has 0 aromatic carbocycles. The van der Waals surface area contributed by atoms with Crippen LogP contribution in [0.3, 0.4) is 0 Å². The van der Waals surface area contributed by atoms with Crippen LogP contribution in [0.15, 0.2) is 12.2 Å². The minimum absolute atomic E-state index is 0. The van der Waals surface area contributed by atoms with E-state index >= 15 is 0 Å². The summed E-state index contributed by atoms with van der Waals surface area (Å²) in [4.78, 5) is 0. The fourth-order valence-corrected chi connectivity index (χ4v) is 1.89. The Morgan fingerprint density at radius 1 is 1.20 bits per heavy atom. The minimum atomic E-state index is 0. The third-order valence-electron chi connectivity index (χ3n) is 2.42. The summed E-state index contributed by atoms with van der Waals surface area (Å²) in [5.74, 6) is 2.49. The van der Waals surface area contributed by atoms with Gasteiger partial charge < -0.3 is 19.3 Å². The number of halogens is 1. The Balaban J connectivity index is 0.000000405. The van der Waals surface area contributed by atoms with Gasteiger partial charge in [0.1, 0.15) is 0 Å². The van der Waals surface area contributed by atoms with Gasteiger partial charge in [0.25, 0.3) is 0 Å². The summed E-state index contributed by atoms with van der Waals surface area (Å²) in [6.07, 6.45) is 7.44. The van der Waals surface area contributed by atoms with Crippen molar-refractivity contribution in [3.05, 3.63) is 19.1 Å². The zero-order valence-corrected chi connectivity index (χ0v) is 8.26. The minimum Gasteiger partial charge on any atom is -1.00 e. The fourth-order valence-electron chi connectivity index (χ4n) is 1.89. The molecule has 0 aromatic rings. The summed E-state index contributed by atoms with van der Waals surface area (Å²) in [5, 5.41) is 0. The van der Waals surface area contributed by atoms with Crippen LogP contribution >= 0.6 is 0 Å². The van der Waals surface area contributed by atoms with Gasteiger partial charge in [0.2, 0.25) is 0 Å². The van der Waals surface area contributed by atoms with Crippen LogP contribution in [0, 0.1) is 24.7 Å². The molecule has 10 heavy (non-hydrogen) atoms. The average Bonchev–Trinajstić information content (AvgIpc) is 2.23. The van der Waals surface area contributed by atoms with Crippen molar-refractivity contribution in [1.82, 2.24) is 0 Å². The summed E-state index contributed by atoms with van der Waals surface area (Å²) < 4.78 is 0. The summed E-state index contributed by atoms with van der Waals surface area (Å²) >= 11 is 0. The van der Waals surface area contributed by atoms with E-state index in [-0.39, 0.29) is 35.5 Å². The maximum absolute atomic E-state index is 4.07. The van der Waals surface area contributed by atoms with E-state index in [1.807, 2.05) is 0 Å². The van der Waals surface area contributed by atoms with Gasteiger partial charge in [-0.25, -0.2) is 0 Å². The second-order valence-corrected chi connectivity index (χ2v) is 3.04. The van der Waals surface area contributed by atoms with Gasteiger partial charge in [-0.05, 0) is 18.3 Å². The second-order valence-electron chi connectivity index (χ2n) is 3.04. The molecule has 0 spiro atoms. The van der Waals surface area contributed by atoms with Crippen LogP contribution in [0.5, 0.6) is 0 Å². The summed E-state index contributed by atoms with van der Waals surface area (Å²) in [5.41, 5.74) is 0. The van der Waals surface area contributed by atoms with Gasteiger partial charge in [-0.2, -0.15) is 5.92 Å². The molecule has 2 bridgehead atoms. The van der Waals surface area contributed by atoms with Crippen LogP contribution < -0.4 is 12.4 Å². The quantitative estimate of drug-likeness (QED) is 0.238. The monoisotopic (exact) mass is 166 g/mol. The van der Waals surface area contributed by atoms with Crippen molar-refractivity contribution in [3.8, 4) is 0 Å². The number of rotatable bonds is 0. The predicted molar refractivity (Wildman–Crippen MR) is 40.0 cm³/mol. The molecular weight excluding hydrogens is 156 g/mol. The number of hydrogen-bond donors (Lipinski definition) is 0. The second kappa shape index (κ2) is 3.98. The molecule has 0 saturated heterocycles. The molecule has 2 heteroatoms. The van der Waals surface area contributed by atoms with Crippen LogP contribution in [-0.4, -0.2) is 23.1 Å². The molecule has 0 aromatic heterocycles. The molecule has 0 heterocycles. The van der Waals surface area contributed by atoms with Crippen molar-refractivity contribution in [2.24, 2.45) is 17.8 Å². The van der Waals surface area contributed by atoms with E-state index in [0.717, 1.165) is 17.8 Å². The van der Waals surface area contributed by atoms with Gasteiger partial charge in [-0.1, -0.05) is 18.6 Å². The van der Waals surface area contributed by atoms with Gasteiger partial charge in [0.15, 0.2) is 0 Å². The van der Waals surface area contributed by atoms with Crippen LogP contribution in [-0.2, 0) is 0 Å². The molecule has 0 unspecified atom stereocenters. The molecule has 0 N–H and O–H groups in total. The summed E-state index contributed by atoms with van der Waals surface area (Å²) in [6.45, 7) is 4.07. The fraction of sp³-hybridized carbons (Fsp3) is 0.625.